The van der Waals surface area contributed by atoms with Gasteiger partial charge in [-0.3, -0.25) is 25.0 Å². The topological polar surface area (TPSA) is 136 Å². The first kappa shape index (κ1) is 15.9. The van der Waals surface area contributed by atoms with E-state index in [1.165, 1.54) is 0 Å². The highest BCUT2D eigenvalue weighted by Crippen LogP contribution is 2.34. The van der Waals surface area contributed by atoms with Crippen LogP contribution in [0.2, 0.25) is 0 Å². The number of non-ortho nitro benzene ring substituents is 1. The van der Waals surface area contributed by atoms with E-state index in [1.807, 2.05) is 6.92 Å². The number of nitrogens with one attached hydrogen (secondary N) is 1. The summed E-state index contributed by atoms with van der Waals surface area (Å²) in [6.07, 6.45) is 0. The molecule has 0 atom stereocenters. The molecule has 0 aliphatic carbocycles. The molecule has 0 heterocycles. The van der Waals surface area contributed by atoms with Gasteiger partial charge in [0.15, 0.2) is 0 Å². The largest absolute Gasteiger partial charge is 0.502 e. The van der Waals surface area contributed by atoms with Crippen LogP contribution in [0.15, 0.2) is 36.4 Å². The average molecular weight is 317 g/mol. The summed E-state index contributed by atoms with van der Waals surface area (Å²) in [7, 11) is 0. The molecule has 0 unspecified atom stereocenters. The van der Waals surface area contributed by atoms with Gasteiger partial charge in [0.2, 0.25) is 5.75 Å². The van der Waals surface area contributed by atoms with Crippen LogP contribution in [-0.4, -0.2) is 20.9 Å². The van der Waals surface area contributed by atoms with Crippen molar-refractivity contribution in [1.29, 1.82) is 0 Å². The highest BCUT2D eigenvalue weighted by molar-refractivity contribution is 6.07. The van der Waals surface area contributed by atoms with Crippen LogP contribution in [0.3, 0.4) is 0 Å². The number of nitro benzene ring substituents is 2. The number of aryl methyl sites for hydroxylation is 1. The molecule has 9 heteroatoms. The molecule has 0 saturated carbocycles. The summed E-state index contributed by atoms with van der Waals surface area (Å²) in [5, 5.41) is 33.9. The second kappa shape index (κ2) is 6.10. The zero-order valence-electron chi connectivity index (χ0n) is 11.8. The van der Waals surface area contributed by atoms with Gasteiger partial charge >= 0.3 is 5.69 Å². The van der Waals surface area contributed by atoms with Crippen molar-refractivity contribution in [3.63, 3.8) is 0 Å². The van der Waals surface area contributed by atoms with Crippen molar-refractivity contribution >= 4 is 23.0 Å². The normalized spacial score (nSPS) is 10.1. The summed E-state index contributed by atoms with van der Waals surface area (Å²) in [5.41, 5.74) is -0.783. The second-order valence-corrected chi connectivity index (χ2v) is 4.70. The lowest BCUT2D eigenvalue weighted by Gasteiger charge is -2.07. The van der Waals surface area contributed by atoms with E-state index in [-0.39, 0.29) is 0 Å². The van der Waals surface area contributed by atoms with Crippen LogP contribution < -0.4 is 5.32 Å². The van der Waals surface area contributed by atoms with Crippen LogP contribution in [0.25, 0.3) is 0 Å². The number of carbonyl (C=O) groups is 1. The van der Waals surface area contributed by atoms with Crippen molar-refractivity contribution in [3.8, 4) is 5.75 Å². The zero-order valence-corrected chi connectivity index (χ0v) is 11.8. The Morgan fingerprint density at radius 3 is 2.22 bits per heavy atom. The SMILES string of the molecule is Cc1ccc(NC(=O)c2cc([N+](=O)[O-])cc([N+](=O)[O-])c2O)cc1. The van der Waals surface area contributed by atoms with Crippen molar-refractivity contribution in [1.82, 2.24) is 0 Å². The van der Waals surface area contributed by atoms with Crippen molar-refractivity contribution in [3.05, 3.63) is 67.8 Å². The maximum Gasteiger partial charge on any atom is 0.318 e. The Hall–Kier alpha value is -3.49. The molecule has 0 spiro atoms. The number of hydrogen-bond donors (Lipinski definition) is 2. The Bertz CT molecular complexity index is 801. The van der Waals surface area contributed by atoms with Gasteiger partial charge in [-0.25, -0.2) is 0 Å². The Balaban J connectivity index is 2.44. The van der Waals surface area contributed by atoms with Gasteiger partial charge in [-0.15, -0.1) is 0 Å². The summed E-state index contributed by atoms with van der Waals surface area (Å²) >= 11 is 0. The summed E-state index contributed by atoms with van der Waals surface area (Å²) in [6.45, 7) is 1.85. The minimum Gasteiger partial charge on any atom is -0.502 e. The van der Waals surface area contributed by atoms with Gasteiger partial charge < -0.3 is 10.4 Å². The Morgan fingerprint density at radius 1 is 1.09 bits per heavy atom. The van der Waals surface area contributed by atoms with Crippen molar-refractivity contribution in [2.75, 3.05) is 5.32 Å². The van der Waals surface area contributed by atoms with Gasteiger partial charge in [-0.2, -0.15) is 0 Å². The lowest BCUT2D eigenvalue weighted by molar-refractivity contribution is -0.394. The van der Waals surface area contributed by atoms with Gasteiger partial charge in [-0.05, 0) is 19.1 Å². The number of hydrogen-bond acceptors (Lipinski definition) is 6. The van der Waals surface area contributed by atoms with Crippen LogP contribution in [0.5, 0.6) is 5.75 Å². The van der Waals surface area contributed by atoms with Gasteiger partial charge in [-0.1, -0.05) is 17.7 Å². The number of amides is 1. The van der Waals surface area contributed by atoms with Gasteiger partial charge in [0, 0.05) is 11.8 Å². The molecule has 0 aliphatic rings. The fraction of sp³-hybridized carbons (Fsp3) is 0.0714. The fourth-order valence-electron chi connectivity index (χ4n) is 1.86. The van der Waals surface area contributed by atoms with E-state index in [0.29, 0.717) is 11.8 Å². The Morgan fingerprint density at radius 2 is 1.70 bits per heavy atom. The average Bonchev–Trinajstić information content (AvgIpc) is 2.49. The lowest BCUT2D eigenvalue weighted by Crippen LogP contribution is -2.13. The van der Waals surface area contributed by atoms with E-state index < -0.39 is 38.4 Å². The molecule has 0 bridgehead atoms. The molecule has 0 aliphatic heterocycles. The number of nitrogens with zero attached hydrogens (tertiary/aromatic N) is 2. The second-order valence-electron chi connectivity index (χ2n) is 4.70. The maximum absolute atomic E-state index is 12.2. The smallest absolute Gasteiger partial charge is 0.318 e. The molecule has 0 fully saturated rings. The van der Waals surface area contributed by atoms with Gasteiger partial charge in [0.1, 0.15) is 0 Å². The first-order valence-electron chi connectivity index (χ1n) is 6.33. The van der Waals surface area contributed by atoms with E-state index in [9.17, 15) is 30.1 Å². The molecule has 23 heavy (non-hydrogen) atoms. The predicted molar refractivity (Wildman–Crippen MR) is 80.5 cm³/mol. The van der Waals surface area contributed by atoms with Crippen molar-refractivity contribution < 1.29 is 19.7 Å². The van der Waals surface area contributed by atoms with E-state index >= 15 is 0 Å². The lowest BCUT2D eigenvalue weighted by atomic mass is 10.1. The number of nitro groups is 2. The van der Waals surface area contributed by atoms with Crippen LogP contribution in [0, 0.1) is 27.2 Å². The molecule has 0 radical (unpaired) electrons. The summed E-state index contributed by atoms with van der Waals surface area (Å²) in [4.78, 5) is 32.0. The van der Waals surface area contributed by atoms with Crippen molar-refractivity contribution in [2.45, 2.75) is 6.92 Å². The number of benzene rings is 2. The predicted octanol–water partition coefficient (Wildman–Crippen LogP) is 2.77. The molecule has 2 N–H and O–H groups in total. The number of phenolic OH excluding ortho intramolecular Hbond substituents is 1. The Labute approximate surface area is 129 Å². The quantitative estimate of drug-likeness (QED) is 0.657. The molecule has 9 nitrogen and oxygen atoms in total. The first-order valence-corrected chi connectivity index (χ1v) is 6.33. The molecular weight excluding hydrogens is 306 g/mol. The molecule has 2 aromatic carbocycles. The number of aromatic hydroxyl groups is 1. The first-order chi connectivity index (χ1) is 10.8. The van der Waals surface area contributed by atoms with Crippen LogP contribution in [0.1, 0.15) is 15.9 Å². The number of carbonyl (C=O) groups excluding carboxylic acids is 1. The van der Waals surface area contributed by atoms with Gasteiger partial charge in [0.25, 0.3) is 11.6 Å². The van der Waals surface area contributed by atoms with Crippen LogP contribution in [0.4, 0.5) is 17.1 Å². The third-order valence-electron chi connectivity index (χ3n) is 3.04. The maximum atomic E-state index is 12.2. The molecule has 2 rings (SSSR count). The van der Waals surface area contributed by atoms with E-state index in [4.69, 9.17) is 0 Å². The minimum absolute atomic E-state index is 0.383. The highest BCUT2D eigenvalue weighted by atomic mass is 16.6. The molecule has 118 valence electrons. The third-order valence-corrected chi connectivity index (χ3v) is 3.04. The minimum atomic E-state index is -0.995. The van der Waals surface area contributed by atoms with E-state index in [0.717, 1.165) is 11.6 Å². The van der Waals surface area contributed by atoms with Gasteiger partial charge in [0.05, 0.1) is 21.5 Å². The fourth-order valence-corrected chi connectivity index (χ4v) is 1.86. The van der Waals surface area contributed by atoms with Crippen LogP contribution in [-0.2, 0) is 0 Å². The molecule has 2 aromatic rings. The van der Waals surface area contributed by atoms with Crippen LogP contribution >= 0.6 is 0 Å². The number of rotatable bonds is 4. The molecule has 1 amide bonds. The Kier molecular flexibility index (Phi) is 4.21. The summed E-state index contributed by atoms with van der Waals surface area (Å²) in [6, 6.07) is 8.02. The number of phenols is 1. The molecular formula is C14H11N3O6. The standard InChI is InChI=1S/C14H11N3O6/c1-8-2-4-9(5-3-8)15-14(19)11-6-10(16(20)21)7-12(13(11)18)17(22)23/h2-7,18H,1H3,(H,15,19). The molecule has 0 aromatic heterocycles. The van der Waals surface area contributed by atoms with Crippen molar-refractivity contribution in [2.24, 2.45) is 0 Å². The van der Waals surface area contributed by atoms with E-state index in [2.05, 4.69) is 5.32 Å². The highest BCUT2D eigenvalue weighted by Gasteiger charge is 2.27. The number of anilines is 1. The molecule has 0 saturated heterocycles. The zero-order chi connectivity index (χ0) is 17.1. The summed E-state index contributed by atoms with van der Waals surface area (Å²) < 4.78 is 0. The monoisotopic (exact) mass is 317 g/mol. The third kappa shape index (κ3) is 3.40. The summed E-state index contributed by atoms with van der Waals surface area (Å²) in [5.74, 6) is -1.82. The van der Waals surface area contributed by atoms with E-state index in [1.54, 1.807) is 24.3 Å².